The molecule has 1 aromatic heterocycles. The Kier molecular flexibility index (Phi) is 4.38. The zero-order valence-corrected chi connectivity index (χ0v) is 12.8. The highest BCUT2D eigenvalue weighted by Crippen LogP contribution is 2.24. The third-order valence-electron chi connectivity index (χ3n) is 2.83. The summed E-state index contributed by atoms with van der Waals surface area (Å²) in [6.45, 7) is 0.561. The minimum atomic E-state index is -2.95. The van der Waals surface area contributed by atoms with Crippen LogP contribution in [0.3, 0.4) is 0 Å². The maximum Gasteiger partial charge on any atom is 0.147 e. The van der Waals surface area contributed by atoms with Gasteiger partial charge in [-0.2, -0.15) is 0 Å². The van der Waals surface area contributed by atoms with Crippen molar-refractivity contribution in [3.8, 4) is 0 Å². The van der Waals surface area contributed by atoms with E-state index >= 15 is 0 Å². The Hall–Kier alpha value is -0.780. The first-order valence-corrected chi connectivity index (χ1v) is 8.77. The van der Waals surface area contributed by atoms with Gasteiger partial charge in [0.15, 0.2) is 0 Å². The molecule has 0 aliphatic rings. The van der Waals surface area contributed by atoms with E-state index in [9.17, 15) is 8.42 Å². The topological polar surface area (TPSA) is 52.0 Å². The van der Waals surface area contributed by atoms with Crippen LogP contribution in [0, 0.1) is 0 Å². The molecule has 1 heterocycles. The van der Waals surface area contributed by atoms with Crippen LogP contribution in [0.4, 0.5) is 0 Å². The van der Waals surface area contributed by atoms with E-state index in [2.05, 4.69) is 4.98 Å². The van der Waals surface area contributed by atoms with Crippen molar-refractivity contribution >= 4 is 44.1 Å². The molecule has 0 atom stereocenters. The number of sulfone groups is 1. The number of hydrogen-bond donors (Lipinski definition) is 0. The first kappa shape index (κ1) is 14.6. The lowest BCUT2D eigenvalue weighted by atomic mass is 10.3. The van der Waals surface area contributed by atoms with Crippen LogP contribution >= 0.6 is 23.2 Å². The summed E-state index contributed by atoms with van der Waals surface area (Å²) < 4.78 is 24.2. The number of halogens is 2. The zero-order valence-electron chi connectivity index (χ0n) is 10.4. The maximum atomic E-state index is 11.2. The Morgan fingerprint density at radius 2 is 2.11 bits per heavy atom. The SMILES string of the molecule is CS(=O)(=O)CCCn1c(CCl)nc2c(Cl)cccc21. The standard InChI is InChI=1S/C12H14Cl2N2O2S/c1-19(17,18)7-3-6-16-10-5-2-4-9(14)12(10)15-11(16)8-13/h2,4-5H,3,6-8H2,1H3. The van der Waals surface area contributed by atoms with Crippen molar-refractivity contribution in [3.05, 3.63) is 29.0 Å². The fourth-order valence-electron chi connectivity index (χ4n) is 2.00. The minimum absolute atomic E-state index is 0.148. The number of fused-ring (bicyclic) bond motifs is 1. The zero-order chi connectivity index (χ0) is 14.0. The predicted molar refractivity (Wildman–Crippen MR) is 78.6 cm³/mol. The van der Waals surface area contributed by atoms with Gasteiger partial charge in [-0.1, -0.05) is 17.7 Å². The third-order valence-corrected chi connectivity index (χ3v) is 4.40. The average Bonchev–Trinajstić information content (AvgIpc) is 2.68. The van der Waals surface area contributed by atoms with E-state index in [0.717, 1.165) is 5.52 Å². The molecular weight excluding hydrogens is 307 g/mol. The van der Waals surface area contributed by atoms with E-state index in [0.29, 0.717) is 29.3 Å². The summed E-state index contributed by atoms with van der Waals surface area (Å²) in [6.07, 6.45) is 1.76. The number of rotatable bonds is 5. The Balaban J connectivity index is 2.33. The van der Waals surface area contributed by atoms with Gasteiger partial charge in [0, 0.05) is 12.8 Å². The molecule has 7 heteroatoms. The van der Waals surface area contributed by atoms with Crippen LogP contribution in [0.5, 0.6) is 0 Å². The number of aromatic nitrogens is 2. The van der Waals surface area contributed by atoms with Crippen molar-refractivity contribution in [1.29, 1.82) is 0 Å². The molecule has 0 spiro atoms. The second-order valence-corrected chi connectivity index (χ2v) is 7.34. The van der Waals surface area contributed by atoms with Crippen LogP contribution in [0.1, 0.15) is 12.2 Å². The van der Waals surface area contributed by atoms with Gasteiger partial charge in [0.05, 0.1) is 22.2 Å². The molecule has 0 radical (unpaired) electrons. The number of nitrogens with zero attached hydrogens (tertiary/aromatic N) is 2. The lowest BCUT2D eigenvalue weighted by molar-refractivity contribution is 0.591. The summed E-state index contributed by atoms with van der Waals surface area (Å²) >= 11 is 12.0. The summed E-state index contributed by atoms with van der Waals surface area (Å²) in [6, 6.07) is 5.53. The number of imidazole rings is 1. The quantitative estimate of drug-likeness (QED) is 0.796. The molecular formula is C12H14Cl2N2O2S. The Morgan fingerprint density at radius 1 is 1.37 bits per heavy atom. The van der Waals surface area contributed by atoms with Crippen molar-refractivity contribution in [3.63, 3.8) is 0 Å². The van der Waals surface area contributed by atoms with Crippen molar-refractivity contribution in [1.82, 2.24) is 9.55 Å². The second-order valence-electron chi connectivity index (χ2n) is 4.40. The predicted octanol–water partition coefficient (Wildman–Crippen LogP) is 2.86. The first-order valence-electron chi connectivity index (χ1n) is 5.79. The highest BCUT2D eigenvalue weighted by atomic mass is 35.5. The Morgan fingerprint density at radius 3 is 2.74 bits per heavy atom. The molecule has 0 fully saturated rings. The normalized spacial score (nSPS) is 12.2. The van der Waals surface area contributed by atoms with Crippen LogP contribution in [-0.2, 0) is 22.3 Å². The summed E-state index contributed by atoms with van der Waals surface area (Å²) in [5.74, 6) is 1.12. The van der Waals surface area contributed by atoms with Crippen molar-refractivity contribution in [2.24, 2.45) is 0 Å². The van der Waals surface area contributed by atoms with E-state index in [1.807, 2.05) is 16.7 Å². The third kappa shape index (κ3) is 3.41. The molecule has 2 rings (SSSR count). The van der Waals surface area contributed by atoms with Gasteiger partial charge in [-0.3, -0.25) is 0 Å². The Labute approximate surface area is 122 Å². The van der Waals surface area contributed by atoms with Gasteiger partial charge in [0.1, 0.15) is 21.2 Å². The summed E-state index contributed by atoms with van der Waals surface area (Å²) in [7, 11) is -2.95. The molecule has 0 bridgehead atoms. The van der Waals surface area contributed by atoms with Gasteiger partial charge in [-0.15, -0.1) is 11.6 Å². The molecule has 104 valence electrons. The van der Waals surface area contributed by atoms with Crippen LogP contribution in [-0.4, -0.2) is 30.0 Å². The van der Waals surface area contributed by atoms with E-state index in [1.54, 1.807) is 6.07 Å². The summed E-state index contributed by atoms with van der Waals surface area (Å²) in [5, 5.41) is 0.575. The summed E-state index contributed by atoms with van der Waals surface area (Å²) in [4.78, 5) is 4.40. The van der Waals surface area contributed by atoms with Crippen LogP contribution in [0.25, 0.3) is 11.0 Å². The molecule has 2 aromatic rings. The van der Waals surface area contributed by atoms with Gasteiger partial charge >= 0.3 is 0 Å². The average molecular weight is 321 g/mol. The van der Waals surface area contributed by atoms with E-state index in [-0.39, 0.29) is 11.6 Å². The van der Waals surface area contributed by atoms with Gasteiger partial charge in [-0.25, -0.2) is 13.4 Å². The molecule has 0 saturated heterocycles. The van der Waals surface area contributed by atoms with Crippen LogP contribution in [0.15, 0.2) is 18.2 Å². The highest BCUT2D eigenvalue weighted by molar-refractivity contribution is 7.90. The van der Waals surface area contributed by atoms with E-state index in [1.165, 1.54) is 6.26 Å². The largest absolute Gasteiger partial charge is 0.327 e. The molecule has 0 unspecified atom stereocenters. The molecule has 0 saturated carbocycles. The second kappa shape index (κ2) is 5.69. The molecule has 4 nitrogen and oxygen atoms in total. The van der Waals surface area contributed by atoms with Crippen LogP contribution in [0.2, 0.25) is 5.02 Å². The smallest absolute Gasteiger partial charge is 0.147 e. The lowest BCUT2D eigenvalue weighted by Crippen LogP contribution is -2.09. The van der Waals surface area contributed by atoms with Gasteiger partial charge < -0.3 is 4.57 Å². The van der Waals surface area contributed by atoms with Gasteiger partial charge in [0.2, 0.25) is 0 Å². The van der Waals surface area contributed by atoms with Crippen molar-refractivity contribution < 1.29 is 8.42 Å². The number of hydrogen-bond acceptors (Lipinski definition) is 3. The molecule has 0 aliphatic heterocycles. The monoisotopic (exact) mass is 320 g/mol. The number of benzene rings is 1. The lowest BCUT2D eigenvalue weighted by Gasteiger charge is -2.07. The fourth-order valence-corrected chi connectivity index (χ4v) is 3.07. The fraction of sp³-hybridized carbons (Fsp3) is 0.417. The van der Waals surface area contributed by atoms with Gasteiger partial charge in [-0.05, 0) is 18.6 Å². The number of alkyl halides is 1. The number of para-hydroxylation sites is 1. The summed E-state index contributed by atoms with van der Waals surface area (Å²) in [5.41, 5.74) is 1.59. The van der Waals surface area contributed by atoms with Crippen molar-refractivity contribution in [2.75, 3.05) is 12.0 Å². The minimum Gasteiger partial charge on any atom is -0.327 e. The van der Waals surface area contributed by atoms with Crippen LogP contribution < -0.4 is 0 Å². The highest BCUT2D eigenvalue weighted by Gasteiger charge is 2.12. The van der Waals surface area contributed by atoms with E-state index < -0.39 is 9.84 Å². The number of aryl methyl sites for hydroxylation is 1. The molecule has 0 aliphatic carbocycles. The van der Waals surface area contributed by atoms with Crippen molar-refractivity contribution in [2.45, 2.75) is 18.8 Å². The Bertz CT molecular complexity index is 695. The molecule has 1 aromatic carbocycles. The molecule has 19 heavy (non-hydrogen) atoms. The van der Waals surface area contributed by atoms with Gasteiger partial charge in [0.25, 0.3) is 0 Å². The van der Waals surface area contributed by atoms with E-state index in [4.69, 9.17) is 23.2 Å². The first-order chi connectivity index (χ1) is 8.92. The maximum absolute atomic E-state index is 11.2. The molecule has 0 amide bonds. The molecule has 0 N–H and O–H groups in total.